The van der Waals surface area contributed by atoms with Gasteiger partial charge in [0.2, 0.25) is 0 Å². The predicted molar refractivity (Wildman–Crippen MR) is 60.6 cm³/mol. The molecule has 1 aliphatic heterocycles. The van der Waals surface area contributed by atoms with E-state index in [-0.39, 0.29) is 5.82 Å². The first kappa shape index (κ1) is 10.4. The van der Waals surface area contributed by atoms with E-state index in [4.69, 9.17) is 5.73 Å². The van der Waals surface area contributed by atoms with Gasteiger partial charge < -0.3 is 10.6 Å². The lowest BCUT2D eigenvalue weighted by molar-refractivity contribution is 0.575. The van der Waals surface area contributed by atoms with Gasteiger partial charge in [0.25, 0.3) is 0 Å². The maximum absolute atomic E-state index is 13.6. The molecule has 3 heteroatoms. The molecule has 1 aliphatic rings. The van der Waals surface area contributed by atoms with Crippen molar-refractivity contribution in [1.82, 2.24) is 0 Å². The van der Waals surface area contributed by atoms with Crippen LogP contribution >= 0.6 is 0 Å². The van der Waals surface area contributed by atoms with Crippen LogP contribution in [0.15, 0.2) is 18.2 Å². The third kappa shape index (κ3) is 1.72. The molecule has 0 spiro atoms. The van der Waals surface area contributed by atoms with Gasteiger partial charge in [-0.1, -0.05) is 6.07 Å². The fourth-order valence-electron chi connectivity index (χ4n) is 2.44. The van der Waals surface area contributed by atoms with Crippen LogP contribution in [0.1, 0.15) is 18.9 Å². The number of hydrogen-bond donors (Lipinski definition) is 1. The molecule has 2 rings (SSSR count). The van der Waals surface area contributed by atoms with Crippen molar-refractivity contribution >= 4 is 5.69 Å². The molecule has 1 unspecified atom stereocenters. The molecule has 1 heterocycles. The lowest BCUT2D eigenvalue weighted by Crippen LogP contribution is -2.33. The quantitative estimate of drug-likeness (QED) is 0.822. The standard InChI is InChI=1S/C12H17FN2/c1-2-15-9(6-7-14)8-10-11(13)4-3-5-12(10)15/h3-5,9H,2,6-8,14H2,1H3. The van der Waals surface area contributed by atoms with Gasteiger partial charge in [0.15, 0.2) is 0 Å². The number of halogens is 1. The lowest BCUT2D eigenvalue weighted by Gasteiger charge is -2.25. The van der Waals surface area contributed by atoms with Crippen LogP contribution in [-0.2, 0) is 6.42 Å². The molecule has 0 amide bonds. The van der Waals surface area contributed by atoms with E-state index in [1.807, 2.05) is 6.07 Å². The highest BCUT2D eigenvalue weighted by atomic mass is 19.1. The monoisotopic (exact) mass is 208 g/mol. The molecule has 0 radical (unpaired) electrons. The van der Waals surface area contributed by atoms with E-state index >= 15 is 0 Å². The molecule has 82 valence electrons. The first-order valence-corrected chi connectivity index (χ1v) is 5.52. The minimum Gasteiger partial charge on any atom is -0.368 e. The summed E-state index contributed by atoms with van der Waals surface area (Å²) in [6, 6.07) is 5.70. The van der Waals surface area contributed by atoms with Gasteiger partial charge in [-0.05, 0) is 38.4 Å². The molecular weight excluding hydrogens is 191 g/mol. The molecule has 2 nitrogen and oxygen atoms in total. The Bertz CT molecular complexity index is 351. The SMILES string of the molecule is CCN1c2cccc(F)c2CC1CCN. The molecule has 1 atom stereocenters. The van der Waals surface area contributed by atoms with E-state index in [9.17, 15) is 4.39 Å². The molecule has 1 aromatic rings. The summed E-state index contributed by atoms with van der Waals surface area (Å²) >= 11 is 0. The van der Waals surface area contributed by atoms with Crippen LogP contribution < -0.4 is 10.6 Å². The summed E-state index contributed by atoms with van der Waals surface area (Å²) in [7, 11) is 0. The van der Waals surface area contributed by atoms with Gasteiger partial charge in [-0.2, -0.15) is 0 Å². The van der Waals surface area contributed by atoms with Gasteiger partial charge in [-0.15, -0.1) is 0 Å². The third-order valence-corrected chi connectivity index (χ3v) is 3.12. The van der Waals surface area contributed by atoms with Crippen LogP contribution in [0.5, 0.6) is 0 Å². The van der Waals surface area contributed by atoms with Crippen LogP contribution in [0, 0.1) is 5.82 Å². The normalized spacial score (nSPS) is 19.4. The Kier molecular flexibility index (Phi) is 2.91. The van der Waals surface area contributed by atoms with Crippen molar-refractivity contribution in [1.29, 1.82) is 0 Å². The summed E-state index contributed by atoms with van der Waals surface area (Å²) in [4.78, 5) is 2.26. The minimum absolute atomic E-state index is 0.0783. The fourth-order valence-corrected chi connectivity index (χ4v) is 2.44. The first-order valence-electron chi connectivity index (χ1n) is 5.52. The molecule has 0 saturated heterocycles. The number of rotatable bonds is 3. The number of benzene rings is 1. The smallest absolute Gasteiger partial charge is 0.128 e. The van der Waals surface area contributed by atoms with E-state index in [0.29, 0.717) is 12.6 Å². The Balaban J connectivity index is 2.32. The van der Waals surface area contributed by atoms with Crippen LogP contribution in [0.4, 0.5) is 10.1 Å². The van der Waals surface area contributed by atoms with Crippen LogP contribution in [-0.4, -0.2) is 19.1 Å². The zero-order valence-electron chi connectivity index (χ0n) is 9.04. The third-order valence-electron chi connectivity index (χ3n) is 3.12. The summed E-state index contributed by atoms with van der Waals surface area (Å²) in [5.41, 5.74) is 7.49. The Hall–Kier alpha value is -1.09. The van der Waals surface area contributed by atoms with Gasteiger partial charge in [-0.3, -0.25) is 0 Å². The van der Waals surface area contributed by atoms with E-state index in [1.54, 1.807) is 6.07 Å². The maximum Gasteiger partial charge on any atom is 0.128 e. The van der Waals surface area contributed by atoms with Crippen molar-refractivity contribution in [2.24, 2.45) is 5.73 Å². The van der Waals surface area contributed by atoms with E-state index in [0.717, 1.165) is 30.6 Å². The molecule has 0 bridgehead atoms. The highest BCUT2D eigenvalue weighted by Gasteiger charge is 2.29. The predicted octanol–water partition coefficient (Wildman–Crippen LogP) is 1.93. The zero-order valence-corrected chi connectivity index (χ0v) is 9.04. The minimum atomic E-state index is -0.0783. The molecule has 0 saturated carbocycles. The highest BCUT2D eigenvalue weighted by molar-refractivity contribution is 5.59. The first-order chi connectivity index (χ1) is 7.27. The van der Waals surface area contributed by atoms with Crippen molar-refractivity contribution in [3.05, 3.63) is 29.6 Å². The molecule has 15 heavy (non-hydrogen) atoms. The lowest BCUT2D eigenvalue weighted by atomic mass is 10.1. The molecule has 0 aromatic heterocycles. The molecule has 2 N–H and O–H groups in total. The zero-order chi connectivity index (χ0) is 10.8. The van der Waals surface area contributed by atoms with E-state index in [1.165, 1.54) is 6.07 Å². The summed E-state index contributed by atoms with van der Waals surface area (Å²) in [6.45, 7) is 3.68. The highest BCUT2D eigenvalue weighted by Crippen LogP contribution is 2.34. The Morgan fingerprint density at radius 1 is 1.53 bits per heavy atom. The number of nitrogens with two attached hydrogens (primary N) is 1. The van der Waals surface area contributed by atoms with Crippen LogP contribution in [0.3, 0.4) is 0 Å². The number of hydrogen-bond acceptors (Lipinski definition) is 2. The molecule has 1 aromatic carbocycles. The summed E-state index contributed by atoms with van der Waals surface area (Å²) in [5, 5.41) is 0. The molecule has 0 fully saturated rings. The van der Waals surface area contributed by atoms with Crippen molar-refractivity contribution in [3.8, 4) is 0 Å². The summed E-state index contributed by atoms with van der Waals surface area (Å²) < 4.78 is 13.6. The van der Waals surface area contributed by atoms with Crippen molar-refractivity contribution in [2.75, 3.05) is 18.0 Å². The van der Waals surface area contributed by atoms with E-state index in [2.05, 4.69) is 11.8 Å². The van der Waals surface area contributed by atoms with Gasteiger partial charge >= 0.3 is 0 Å². The van der Waals surface area contributed by atoms with Crippen LogP contribution in [0.2, 0.25) is 0 Å². The Morgan fingerprint density at radius 2 is 2.33 bits per heavy atom. The second-order valence-electron chi connectivity index (χ2n) is 3.96. The van der Waals surface area contributed by atoms with Gasteiger partial charge in [0, 0.05) is 23.8 Å². The van der Waals surface area contributed by atoms with Crippen LogP contribution in [0.25, 0.3) is 0 Å². The summed E-state index contributed by atoms with van der Waals surface area (Å²) in [5.74, 6) is -0.0783. The Morgan fingerprint density at radius 3 is 3.00 bits per heavy atom. The number of anilines is 1. The number of likely N-dealkylation sites (N-methyl/N-ethyl adjacent to an activating group) is 1. The second-order valence-corrected chi connectivity index (χ2v) is 3.96. The van der Waals surface area contributed by atoms with Crippen molar-refractivity contribution < 1.29 is 4.39 Å². The van der Waals surface area contributed by atoms with Crippen molar-refractivity contribution in [2.45, 2.75) is 25.8 Å². The number of nitrogens with zero attached hydrogens (tertiary/aromatic N) is 1. The average Bonchev–Trinajstić information content (AvgIpc) is 2.58. The largest absolute Gasteiger partial charge is 0.368 e. The average molecular weight is 208 g/mol. The number of fused-ring (bicyclic) bond motifs is 1. The topological polar surface area (TPSA) is 29.3 Å². The van der Waals surface area contributed by atoms with Gasteiger partial charge in [-0.25, -0.2) is 4.39 Å². The fraction of sp³-hybridized carbons (Fsp3) is 0.500. The second kappa shape index (κ2) is 4.19. The Labute approximate surface area is 89.9 Å². The van der Waals surface area contributed by atoms with Crippen molar-refractivity contribution in [3.63, 3.8) is 0 Å². The summed E-state index contributed by atoms with van der Waals surface area (Å²) in [6.07, 6.45) is 1.73. The van der Waals surface area contributed by atoms with Gasteiger partial charge in [0.1, 0.15) is 5.82 Å². The molecule has 0 aliphatic carbocycles. The maximum atomic E-state index is 13.6. The van der Waals surface area contributed by atoms with Gasteiger partial charge in [0.05, 0.1) is 0 Å². The molecular formula is C12H17FN2. The van der Waals surface area contributed by atoms with E-state index < -0.39 is 0 Å².